The summed E-state index contributed by atoms with van der Waals surface area (Å²) in [5, 5.41) is 45.1. The molecule has 3 N–H and O–H groups in total. The van der Waals surface area contributed by atoms with Crippen molar-refractivity contribution >= 4 is 27.5 Å². The molecule has 1 aliphatic rings. The maximum atomic E-state index is 12.3. The van der Waals surface area contributed by atoms with E-state index in [4.69, 9.17) is 4.74 Å². The van der Waals surface area contributed by atoms with Crippen molar-refractivity contribution in [3.8, 4) is 5.69 Å². The lowest BCUT2D eigenvalue weighted by atomic mass is 9.92. The summed E-state index contributed by atoms with van der Waals surface area (Å²) in [4.78, 5) is 22.4. The second-order valence-corrected chi connectivity index (χ2v) is 9.68. The van der Waals surface area contributed by atoms with E-state index in [0.29, 0.717) is 5.69 Å². The second-order valence-electron chi connectivity index (χ2n) is 8.45. The molecule has 1 saturated heterocycles. The lowest BCUT2D eigenvalue weighted by Gasteiger charge is -2.41. The Morgan fingerprint density at radius 2 is 2.06 bits per heavy atom. The minimum atomic E-state index is -1.35. The minimum absolute atomic E-state index is 0.0503. The van der Waals surface area contributed by atoms with Crippen LogP contribution in [0.5, 0.6) is 0 Å². The zero-order valence-electron chi connectivity index (χ0n) is 19.1. The van der Waals surface area contributed by atoms with Crippen molar-refractivity contribution in [2.45, 2.75) is 37.4 Å². The molecule has 1 aromatic carbocycles. The van der Waals surface area contributed by atoms with Gasteiger partial charge in [-0.1, -0.05) is 5.21 Å². The highest BCUT2D eigenvalue weighted by Crippen LogP contribution is 2.38. The van der Waals surface area contributed by atoms with Gasteiger partial charge in [-0.3, -0.25) is 4.79 Å². The first-order chi connectivity index (χ1) is 16.8. The zero-order valence-corrected chi connectivity index (χ0v) is 19.9. The van der Waals surface area contributed by atoms with Gasteiger partial charge in [-0.2, -0.15) is 5.10 Å². The molecule has 0 saturated carbocycles. The summed E-state index contributed by atoms with van der Waals surface area (Å²) in [6.45, 7) is 1.42. The normalized spacial score (nSPS) is 24.7. The molecule has 4 heterocycles. The van der Waals surface area contributed by atoms with Crippen molar-refractivity contribution in [1.82, 2.24) is 39.6 Å². The number of nitrogens with zero attached hydrogens (tertiary/aromatic N) is 8. The highest BCUT2D eigenvalue weighted by atomic mass is 32.1. The van der Waals surface area contributed by atoms with Gasteiger partial charge in [-0.05, 0) is 25.1 Å². The number of amides is 1. The van der Waals surface area contributed by atoms with Crippen LogP contribution in [-0.2, 0) is 4.74 Å². The van der Waals surface area contributed by atoms with Crippen LogP contribution in [0.4, 0.5) is 0 Å². The largest absolute Gasteiger partial charge is 0.394 e. The molecule has 1 fully saturated rings. The molecule has 1 amide bonds. The lowest BCUT2D eigenvalue weighted by Crippen LogP contribution is -2.53. The van der Waals surface area contributed by atoms with Crippen molar-refractivity contribution in [1.29, 1.82) is 0 Å². The van der Waals surface area contributed by atoms with Gasteiger partial charge in [0.1, 0.15) is 36.8 Å². The molecule has 5 atom stereocenters. The Bertz CT molecular complexity index is 1370. The minimum Gasteiger partial charge on any atom is -0.394 e. The van der Waals surface area contributed by atoms with Crippen LogP contribution in [-0.4, -0.2) is 99.9 Å². The van der Waals surface area contributed by atoms with E-state index in [-0.39, 0.29) is 17.4 Å². The van der Waals surface area contributed by atoms with Crippen molar-refractivity contribution in [2.75, 3.05) is 20.7 Å². The van der Waals surface area contributed by atoms with E-state index in [0.717, 1.165) is 15.2 Å². The van der Waals surface area contributed by atoms with Gasteiger partial charge in [0.15, 0.2) is 11.5 Å². The maximum Gasteiger partial charge on any atom is 0.275 e. The van der Waals surface area contributed by atoms with E-state index in [1.165, 1.54) is 26.8 Å². The molecule has 3 aromatic heterocycles. The number of aliphatic hydroxyl groups excluding tert-OH is 3. The molecular weight excluding hydrogens is 476 g/mol. The number of aryl methyl sites for hydroxylation is 1. The molecule has 0 radical (unpaired) electrons. The van der Waals surface area contributed by atoms with E-state index in [9.17, 15) is 20.1 Å². The Hall–Kier alpha value is -3.30. The van der Waals surface area contributed by atoms with Gasteiger partial charge in [-0.25, -0.2) is 19.3 Å². The van der Waals surface area contributed by atoms with Crippen molar-refractivity contribution in [3.63, 3.8) is 0 Å². The number of carbonyl (C=O) groups excluding carboxylic acids is 1. The highest BCUT2D eigenvalue weighted by Gasteiger charge is 2.48. The fourth-order valence-electron chi connectivity index (χ4n) is 4.18. The SMILES string of the molecule is Cc1nc2ccc(-n3ncnc3[C@@H]3O[C@H](CO)[C@H](O)[C@H](n4cc(C(=O)N(C)C)nn4)[C@H]3O)cc2s1. The van der Waals surface area contributed by atoms with E-state index in [1.807, 2.05) is 25.1 Å². The Kier molecular flexibility index (Phi) is 6.06. The molecule has 5 rings (SSSR count). The average Bonchev–Trinajstić information content (AvgIpc) is 3.57. The number of fused-ring (bicyclic) bond motifs is 1. The zero-order chi connectivity index (χ0) is 24.9. The summed E-state index contributed by atoms with van der Waals surface area (Å²) in [7, 11) is 3.16. The third-order valence-corrected chi connectivity index (χ3v) is 6.82. The highest BCUT2D eigenvalue weighted by molar-refractivity contribution is 7.18. The molecular formula is C21H24N8O5S. The number of benzene rings is 1. The molecule has 4 aromatic rings. The van der Waals surface area contributed by atoms with Gasteiger partial charge in [0.25, 0.3) is 5.91 Å². The Labute approximate surface area is 203 Å². The Morgan fingerprint density at radius 1 is 1.26 bits per heavy atom. The van der Waals surface area contributed by atoms with Gasteiger partial charge in [0.2, 0.25) is 0 Å². The number of hydrogen-bond donors (Lipinski definition) is 3. The predicted octanol–water partition coefficient (Wildman–Crippen LogP) is -0.126. The summed E-state index contributed by atoms with van der Waals surface area (Å²) < 4.78 is 9.60. The number of aliphatic hydroxyl groups is 3. The van der Waals surface area contributed by atoms with Crippen LogP contribution < -0.4 is 0 Å². The van der Waals surface area contributed by atoms with Gasteiger partial charge in [0.05, 0.1) is 33.7 Å². The lowest BCUT2D eigenvalue weighted by molar-refractivity contribution is -0.210. The van der Waals surface area contributed by atoms with Crippen molar-refractivity contribution in [3.05, 3.63) is 47.2 Å². The molecule has 1 aliphatic heterocycles. The van der Waals surface area contributed by atoms with E-state index in [2.05, 4.69) is 25.4 Å². The molecule has 184 valence electrons. The van der Waals surface area contributed by atoms with E-state index in [1.54, 1.807) is 25.4 Å². The van der Waals surface area contributed by atoms with Crippen LogP contribution in [0.25, 0.3) is 15.9 Å². The van der Waals surface area contributed by atoms with Gasteiger partial charge in [-0.15, -0.1) is 16.4 Å². The average molecular weight is 501 g/mol. The van der Waals surface area contributed by atoms with Crippen LogP contribution >= 0.6 is 11.3 Å². The number of hydrogen-bond acceptors (Lipinski definition) is 11. The summed E-state index contributed by atoms with van der Waals surface area (Å²) in [5.74, 6) is -0.103. The Morgan fingerprint density at radius 3 is 2.80 bits per heavy atom. The summed E-state index contributed by atoms with van der Waals surface area (Å²) in [5.41, 5.74) is 1.60. The van der Waals surface area contributed by atoms with Gasteiger partial charge >= 0.3 is 0 Å². The number of rotatable bonds is 5. The quantitative estimate of drug-likeness (QED) is 0.336. The van der Waals surface area contributed by atoms with E-state index >= 15 is 0 Å². The Balaban J connectivity index is 1.52. The first-order valence-electron chi connectivity index (χ1n) is 10.8. The summed E-state index contributed by atoms with van der Waals surface area (Å²) >= 11 is 1.55. The number of thiazole rings is 1. The van der Waals surface area contributed by atoms with Crippen LogP contribution in [0.15, 0.2) is 30.7 Å². The van der Waals surface area contributed by atoms with Crippen LogP contribution in [0.2, 0.25) is 0 Å². The third-order valence-electron chi connectivity index (χ3n) is 5.89. The summed E-state index contributed by atoms with van der Waals surface area (Å²) in [6, 6.07) is 4.56. The molecule has 0 spiro atoms. The fourth-order valence-corrected chi connectivity index (χ4v) is 5.04. The summed E-state index contributed by atoms with van der Waals surface area (Å²) in [6.07, 6.45) is -2.12. The van der Waals surface area contributed by atoms with Gasteiger partial charge in [0, 0.05) is 14.1 Å². The maximum absolute atomic E-state index is 12.3. The number of ether oxygens (including phenoxy) is 1. The van der Waals surface area contributed by atoms with Crippen LogP contribution in [0, 0.1) is 6.92 Å². The monoisotopic (exact) mass is 500 g/mol. The molecule has 35 heavy (non-hydrogen) atoms. The molecule has 13 nitrogen and oxygen atoms in total. The predicted molar refractivity (Wildman–Crippen MR) is 123 cm³/mol. The molecule has 0 unspecified atom stereocenters. The van der Waals surface area contributed by atoms with Gasteiger partial charge < -0.3 is 25.0 Å². The first-order valence-corrected chi connectivity index (χ1v) is 11.6. The second kappa shape index (κ2) is 9.05. The van der Waals surface area contributed by atoms with Crippen molar-refractivity contribution in [2.24, 2.45) is 0 Å². The molecule has 14 heteroatoms. The number of aromatic nitrogens is 7. The third kappa shape index (κ3) is 4.08. The number of carbonyl (C=O) groups is 1. The first kappa shape index (κ1) is 23.4. The molecule has 0 bridgehead atoms. The molecule has 0 aliphatic carbocycles. The van der Waals surface area contributed by atoms with Crippen molar-refractivity contribution < 1.29 is 24.9 Å². The smallest absolute Gasteiger partial charge is 0.275 e. The van der Waals surface area contributed by atoms with E-state index < -0.39 is 37.1 Å². The van der Waals surface area contributed by atoms with Crippen LogP contribution in [0.3, 0.4) is 0 Å². The topological polar surface area (TPSA) is 165 Å². The standard InChI is InChI=1S/C21H24N8O5S/c1-10-24-12-5-4-11(6-15(12)35-10)29-20(22-9-23-29)19-18(32)16(17(31)14(8-30)34-19)28-7-13(25-26-28)21(33)27(2)3/h4-7,9,14,16-19,30-32H,8H2,1-3H3/t14-,16+,17+,18-,19-/m1/s1. The van der Waals surface area contributed by atoms with Crippen LogP contribution in [0.1, 0.15) is 33.5 Å². The fraction of sp³-hybridized carbons (Fsp3) is 0.429.